The van der Waals surface area contributed by atoms with E-state index in [-0.39, 0.29) is 23.1 Å². The summed E-state index contributed by atoms with van der Waals surface area (Å²) in [4.78, 5) is 42.3. The minimum absolute atomic E-state index is 0.0787. The fraction of sp³-hybridized carbons (Fsp3) is 0.667. The van der Waals surface area contributed by atoms with Crippen molar-refractivity contribution in [3.8, 4) is 0 Å². The van der Waals surface area contributed by atoms with E-state index in [0.717, 1.165) is 0 Å². The standard InChI is InChI=1S/2C6H11NO2.2Al.8FH.Fe.O/c2*1-4(8)6(7-3)5(2)9;;;;;;;;;;;;/h2*6-7H,1-3H3;;;8*1H;;/q;;2*+3;;;;;;;;;;/p-6. The Labute approximate surface area is 184 Å². The molecule has 0 amide bonds. The summed E-state index contributed by atoms with van der Waals surface area (Å²) in [7, 11) is 3.43. The maximum atomic E-state index is 10.6. The summed E-state index contributed by atoms with van der Waals surface area (Å²) in [6, 6.07) is -0.963. The van der Waals surface area contributed by atoms with Crippen molar-refractivity contribution in [2.24, 2.45) is 0 Å². The van der Waals surface area contributed by atoms with Crippen molar-refractivity contribution < 1.29 is 77.8 Å². The Morgan fingerprint density at radius 1 is 0.567 bits per heavy atom. The number of carbonyl (C=O) groups is 4. The van der Waals surface area contributed by atoms with Crippen LogP contribution in [0.25, 0.3) is 0 Å². The second-order valence-electron chi connectivity index (χ2n) is 5.05. The molecule has 0 aromatic carbocycles. The van der Waals surface area contributed by atoms with Gasteiger partial charge in [-0.1, -0.05) is 0 Å². The van der Waals surface area contributed by atoms with Gasteiger partial charge in [-0.15, -0.1) is 0 Å². The van der Waals surface area contributed by atoms with Crippen LogP contribution in [0, 0.1) is 0 Å². The third-order valence-electron chi connectivity index (χ3n) is 2.42. The van der Waals surface area contributed by atoms with Crippen LogP contribution in [0.5, 0.6) is 0 Å². The monoisotopic (exact) mass is 538 g/mol. The topological polar surface area (TPSA) is 119 Å². The van der Waals surface area contributed by atoms with E-state index in [4.69, 9.17) is 3.83 Å². The van der Waals surface area contributed by atoms with Crippen LogP contribution < -0.4 is 10.6 Å². The predicted molar refractivity (Wildman–Crippen MR) is 87.1 cm³/mol. The van der Waals surface area contributed by atoms with Crippen molar-refractivity contribution in [2.45, 2.75) is 39.8 Å². The Kier molecular flexibility index (Phi) is 28.8. The van der Waals surface area contributed by atoms with E-state index < -0.39 is 41.9 Å². The van der Waals surface area contributed by atoms with Crippen LogP contribution in [0.4, 0.5) is 28.2 Å². The molecule has 0 bridgehead atoms. The van der Waals surface area contributed by atoms with Crippen molar-refractivity contribution in [1.29, 1.82) is 0 Å². The van der Waals surface area contributed by atoms with Gasteiger partial charge in [-0.25, -0.2) is 0 Å². The third kappa shape index (κ3) is 50.8. The number of ketones is 4. The van der Waals surface area contributed by atoms with Gasteiger partial charge in [-0.05, 0) is 0 Å². The molecule has 0 aliphatic heterocycles. The van der Waals surface area contributed by atoms with Crippen molar-refractivity contribution in [2.75, 3.05) is 14.1 Å². The van der Waals surface area contributed by atoms with Crippen LogP contribution in [0.15, 0.2) is 0 Å². The number of carbonyl (C=O) groups excluding carboxylic acids is 4. The van der Waals surface area contributed by atoms with Gasteiger partial charge in [-0.3, -0.25) is 19.2 Å². The zero-order valence-corrected chi connectivity index (χ0v) is 20.3. The number of Topliss-reactive ketones (excluding diaryl/α,β-unsaturated/α-hetero) is 4. The molecule has 7 nitrogen and oxygen atoms in total. The second kappa shape index (κ2) is 21.6. The summed E-state index contributed by atoms with van der Waals surface area (Å²) in [5.41, 5.74) is 0. The molecule has 182 valence electrons. The summed E-state index contributed by atoms with van der Waals surface area (Å²) < 4.78 is 86.8. The molecule has 0 rings (SSSR count). The normalized spacial score (nSPS) is 10.0. The van der Waals surface area contributed by atoms with Crippen LogP contribution >= 0.6 is 0 Å². The first kappa shape index (κ1) is 39.9. The van der Waals surface area contributed by atoms with Crippen molar-refractivity contribution in [1.82, 2.24) is 0 Å². The maximum absolute atomic E-state index is 10.6. The van der Waals surface area contributed by atoms with Gasteiger partial charge < -0.3 is 38.8 Å². The molecule has 0 heterocycles. The predicted octanol–water partition coefficient (Wildman–Crippen LogP) is -0.0689. The van der Waals surface area contributed by atoms with Crippen LogP contribution in [0.2, 0.25) is 0 Å². The van der Waals surface area contributed by atoms with E-state index in [1.165, 1.54) is 27.7 Å². The zero-order valence-electron chi connectivity index (χ0n) is 16.9. The number of nitrogens with two attached hydrogens (primary N) is 2. The van der Waals surface area contributed by atoms with Crippen molar-refractivity contribution in [3.05, 3.63) is 0 Å². The molecule has 0 saturated heterocycles. The molecular weight excluding hydrogens is 514 g/mol. The number of likely N-dealkylation sites (N-methyl/N-ethyl adjacent to an activating group) is 2. The fourth-order valence-corrected chi connectivity index (χ4v) is 1.51. The van der Waals surface area contributed by atoms with E-state index in [1.807, 2.05) is 15.9 Å². The van der Waals surface area contributed by atoms with Crippen LogP contribution in [-0.4, -0.2) is 79.1 Å². The molecule has 0 radical (unpaired) electrons. The van der Waals surface area contributed by atoms with Crippen LogP contribution in [0.1, 0.15) is 27.7 Å². The SMILES string of the molecule is C[NH2+]C(C(C)=O)C(C)=O.C[NH2+]C(C(C)=O)C(C)=O.[F][Al-]([F])([F])[F].[F][Al-]([F])([F])[F].[O]=[Fe]. The quantitative estimate of drug-likeness (QED) is 0.279. The molecule has 0 aliphatic rings. The average molecular weight is 538 g/mol. The molecule has 0 aromatic rings. The van der Waals surface area contributed by atoms with Gasteiger partial charge in [0.25, 0.3) is 0 Å². The molecule has 0 aliphatic carbocycles. The van der Waals surface area contributed by atoms with Crippen molar-refractivity contribution in [3.63, 3.8) is 0 Å². The summed E-state index contributed by atoms with van der Waals surface area (Å²) in [5, 5.41) is 3.23. The Hall–Kier alpha value is -0.576. The number of quaternary nitrogens is 2. The van der Waals surface area contributed by atoms with E-state index >= 15 is 0 Å². The average Bonchev–Trinajstić information content (AvgIpc) is 2.46. The summed E-state index contributed by atoms with van der Waals surface area (Å²) in [6.07, 6.45) is 0. The molecule has 0 atom stereocenters. The summed E-state index contributed by atoms with van der Waals surface area (Å²) in [6.45, 7) is 5.69. The zero-order chi connectivity index (χ0) is 25.9. The number of hydrogen-bond donors (Lipinski definition) is 2. The van der Waals surface area contributed by atoms with Crippen LogP contribution in [-0.2, 0) is 39.0 Å². The Morgan fingerprint density at radius 2 is 0.667 bits per heavy atom. The fourth-order valence-electron chi connectivity index (χ4n) is 1.51. The summed E-state index contributed by atoms with van der Waals surface area (Å²) >= 11 is -11.7. The number of rotatable bonds is 6. The van der Waals surface area contributed by atoms with Gasteiger partial charge in [0.2, 0.25) is 12.1 Å². The molecule has 18 heteroatoms. The number of halogens is 8. The third-order valence-corrected chi connectivity index (χ3v) is 2.42. The Balaban J connectivity index is -0.0000000931. The first-order valence-corrected chi connectivity index (χ1v) is 11.6. The minimum atomic E-state index is -6.83. The molecule has 0 saturated carbocycles. The first-order valence-electron chi connectivity index (χ1n) is 7.68. The van der Waals surface area contributed by atoms with E-state index in [9.17, 15) is 47.4 Å². The molecule has 4 N–H and O–H groups in total. The summed E-state index contributed by atoms with van der Waals surface area (Å²) in [5.74, 6) is -0.315. The van der Waals surface area contributed by atoms with E-state index in [1.54, 1.807) is 24.7 Å². The Bertz CT molecular complexity index is 440. The molecule has 30 heavy (non-hydrogen) atoms. The molecular formula is C12H24Al2F8FeN2O5. The van der Waals surface area contributed by atoms with Gasteiger partial charge in [-0.2, -0.15) is 0 Å². The Morgan fingerprint density at radius 3 is 0.667 bits per heavy atom. The first-order chi connectivity index (χ1) is 13.2. The molecule has 0 spiro atoms. The van der Waals surface area contributed by atoms with E-state index in [0.29, 0.717) is 0 Å². The second-order valence-corrected chi connectivity index (χ2v) is 7.03. The van der Waals surface area contributed by atoms with E-state index in [2.05, 4.69) is 0 Å². The van der Waals surface area contributed by atoms with Crippen LogP contribution in [0.3, 0.4) is 0 Å². The number of hydrogen-bond acceptors (Lipinski definition) is 5. The van der Waals surface area contributed by atoms with Gasteiger partial charge >= 0.3 is 49.6 Å². The molecule has 0 fully saturated rings. The van der Waals surface area contributed by atoms with Gasteiger partial charge in [0.05, 0.1) is 14.1 Å². The van der Waals surface area contributed by atoms with Gasteiger partial charge in [0, 0.05) is 27.7 Å². The van der Waals surface area contributed by atoms with Gasteiger partial charge in [0.15, 0.2) is 23.1 Å². The molecule has 0 unspecified atom stereocenters. The van der Waals surface area contributed by atoms with Gasteiger partial charge in [0.1, 0.15) is 0 Å². The van der Waals surface area contributed by atoms with Crippen molar-refractivity contribution >= 4 is 53.0 Å². The molecule has 0 aromatic heterocycles.